The summed E-state index contributed by atoms with van der Waals surface area (Å²) in [5, 5.41) is 3.74. The van der Waals surface area contributed by atoms with Crippen molar-refractivity contribution in [3.05, 3.63) is 71.9 Å². The molecule has 0 bridgehead atoms. The molecule has 0 unspecified atom stereocenters. The molecule has 0 saturated carbocycles. The Balaban J connectivity index is 0.000000131. The van der Waals surface area contributed by atoms with E-state index in [1.807, 2.05) is 6.07 Å². The van der Waals surface area contributed by atoms with Gasteiger partial charge >= 0.3 is 0 Å². The number of halogens is 2. The third-order valence-corrected chi connectivity index (χ3v) is 3.63. The fourth-order valence-electron chi connectivity index (χ4n) is 2.53. The number of aromatic nitrogens is 1. The maximum Gasteiger partial charge on any atom is 0.132 e. The normalized spacial score (nSPS) is 12.8. The van der Waals surface area contributed by atoms with E-state index in [0.717, 1.165) is 30.6 Å². The summed E-state index contributed by atoms with van der Waals surface area (Å²) in [6, 6.07) is 13.5. The SMILES string of the molecule is Fc1cccc2c1CCCN2.Fc1cccc2ncccc12. The van der Waals surface area contributed by atoms with Gasteiger partial charge in [-0.05, 0) is 49.2 Å². The minimum Gasteiger partial charge on any atom is -0.385 e. The highest BCUT2D eigenvalue weighted by molar-refractivity contribution is 5.78. The molecule has 1 aromatic heterocycles. The second-order valence-corrected chi connectivity index (χ2v) is 5.11. The van der Waals surface area contributed by atoms with Gasteiger partial charge in [0, 0.05) is 29.4 Å². The van der Waals surface area contributed by atoms with Gasteiger partial charge in [0.25, 0.3) is 0 Å². The number of nitrogens with zero attached hydrogens (tertiary/aromatic N) is 1. The van der Waals surface area contributed by atoms with Crippen LogP contribution >= 0.6 is 0 Å². The summed E-state index contributed by atoms with van der Waals surface area (Å²) in [4.78, 5) is 4.00. The minimum absolute atomic E-state index is 0.0744. The number of fused-ring (bicyclic) bond motifs is 2. The van der Waals surface area contributed by atoms with Crippen LogP contribution in [-0.2, 0) is 6.42 Å². The van der Waals surface area contributed by atoms with Crippen molar-refractivity contribution in [2.45, 2.75) is 12.8 Å². The first-order chi connectivity index (χ1) is 10.8. The number of pyridine rings is 1. The largest absolute Gasteiger partial charge is 0.385 e. The molecule has 2 aromatic carbocycles. The zero-order chi connectivity index (χ0) is 15.4. The molecule has 1 aliphatic rings. The van der Waals surface area contributed by atoms with Crippen LogP contribution in [0.25, 0.3) is 10.9 Å². The van der Waals surface area contributed by atoms with Crippen LogP contribution in [0, 0.1) is 11.6 Å². The summed E-state index contributed by atoms with van der Waals surface area (Å²) in [5.74, 6) is -0.287. The molecule has 0 spiro atoms. The van der Waals surface area contributed by atoms with E-state index in [1.54, 1.807) is 36.5 Å². The van der Waals surface area contributed by atoms with Gasteiger partial charge in [-0.2, -0.15) is 0 Å². The number of hydrogen-bond acceptors (Lipinski definition) is 2. The maximum atomic E-state index is 13.0. The molecular formula is C18H16F2N2. The van der Waals surface area contributed by atoms with E-state index in [9.17, 15) is 8.78 Å². The van der Waals surface area contributed by atoms with Crippen molar-refractivity contribution in [2.24, 2.45) is 0 Å². The molecule has 4 heteroatoms. The van der Waals surface area contributed by atoms with Crippen LogP contribution in [0.5, 0.6) is 0 Å². The fraction of sp³-hybridized carbons (Fsp3) is 0.167. The molecule has 1 aliphatic heterocycles. The molecule has 0 saturated heterocycles. The first kappa shape index (κ1) is 14.4. The minimum atomic E-state index is -0.212. The number of rotatable bonds is 0. The van der Waals surface area contributed by atoms with Crippen molar-refractivity contribution >= 4 is 16.6 Å². The first-order valence-corrected chi connectivity index (χ1v) is 7.26. The Kier molecular flexibility index (Phi) is 4.28. The topological polar surface area (TPSA) is 24.9 Å². The second-order valence-electron chi connectivity index (χ2n) is 5.11. The van der Waals surface area contributed by atoms with Gasteiger partial charge in [0.15, 0.2) is 0 Å². The van der Waals surface area contributed by atoms with E-state index < -0.39 is 0 Å². The van der Waals surface area contributed by atoms with E-state index >= 15 is 0 Å². The van der Waals surface area contributed by atoms with Gasteiger partial charge < -0.3 is 5.32 Å². The van der Waals surface area contributed by atoms with Crippen molar-refractivity contribution in [1.82, 2.24) is 4.98 Å². The first-order valence-electron chi connectivity index (χ1n) is 7.26. The molecule has 0 fully saturated rings. The number of hydrogen-bond donors (Lipinski definition) is 1. The van der Waals surface area contributed by atoms with Crippen LogP contribution in [0.1, 0.15) is 12.0 Å². The summed E-state index contributed by atoms with van der Waals surface area (Å²) < 4.78 is 26.0. The number of anilines is 1. The van der Waals surface area contributed by atoms with E-state index in [2.05, 4.69) is 10.3 Å². The molecule has 0 aliphatic carbocycles. The van der Waals surface area contributed by atoms with Crippen LogP contribution in [0.2, 0.25) is 0 Å². The number of nitrogens with one attached hydrogen (secondary N) is 1. The zero-order valence-electron chi connectivity index (χ0n) is 12.0. The lowest BCUT2D eigenvalue weighted by molar-refractivity contribution is 0.602. The third-order valence-electron chi connectivity index (χ3n) is 3.63. The molecule has 22 heavy (non-hydrogen) atoms. The van der Waals surface area contributed by atoms with Crippen molar-refractivity contribution < 1.29 is 8.78 Å². The zero-order valence-corrected chi connectivity index (χ0v) is 12.0. The Labute approximate surface area is 127 Å². The van der Waals surface area contributed by atoms with E-state index in [1.165, 1.54) is 12.1 Å². The van der Waals surface area contributed by atoms with Crippen molar-refractivity contribution in [1.29, 1.82) is 0 Å². The Bertz CT molecular complexity index is 782. The van der Waals surface area contributed by atoms with E-state index in [-0.39, 0.29) is 11.6 Å². The van der Waals surface area contributed by atoms with Crippen LogP contribution in [0.3, 0.4) is 0 Å². The van der Waals surface area contributed by atoms with Crippen molar-refractivity contribution in [3.8, 4) is 0 Å². The van der Waals surface area contributed by atoms with Gasteiger partial charge in [-0.1, -0.05) is 12.1 Å². The Morgan fingerprint density at radius 3 is 2.55 bits per heavy atom. The summed E-state index contributed by atoms with van der Waals surface area (Å²) >= 11 is 0. The van der Waals surface area contributed by atoms with Crippen molar-refractivity contribution in [2.75, 3.05) is 11.9 Å². The predicted octanol–water partition coefficient (Wildman–Crippen LogP) is 4.56. The van der Waals surface area contributed by atoms with Gasteiger partial charge in [-0.3, -0.25) is 4.98 Å². The highest BCUT2D eigenvalue weighted by Crippen LogP contribution is 2.23. The molecule has 0 amide bonds. The molecule has 2 heterocycles. The standard InChI is InChI=1S/C9H10FN.C9H6FN/c2*10-8-4-1-5-9-7(8)3-2-6-11-9/h1,4-5,11H,2-3,6H2;1-6H. The number of benzene rings is 2. The highest BCUT2D eigenvalue weighted by atomic mass is 19.1. The lowest BCUT2D eigenvalue weighted by atomic mass is 10.0. The smallest absolute Gasteiger partial charge is 0.132 e. The molecule has 4 rings (SSSR count). The maximum absolute atomic E-state index is 13.0. The average molecular weight is 298 g/mol. The molecule has 2 nitrogen and oxygen atoms in total. The van der Waals surface area contributed by atoms with Crippen LogP contribution < -0.4 is 5.32 Å². The summed E-state index contributed by atoms with van der Waals surface area (Å²) in [7, 11) is 0. The molecular weight excluding hydrogens is 282 g/mol. The summed E-state index contributed by atoms with van der Waals surface area (Å²) in [6.07, 6.45) is 3.56. The monoisotopic (exact) mass is 298 g/mol. The molecule has 112 valence electrons. The summed E-state index contributed by atoms with van der Waals surface area (Å²) in [5.41, 5.74) is 2.52. The second kappa shape index (κ2) is 6.52. The molecule has 0 atom stereocenters. The predicted molar refractivity (Wildman–Crippen MR) is 84.9 cm³/mol. The van der Waals surface area contributed by atoms with E-state index in [4.69, 9.17) is 0 Å². The van der Waals surface area contributed by atoms with Crippen LogP contribution in [0.15, 0.2) is 54.7 Å². The van der Waals surface area contributed by atoms with Gasteiger partial charge in [0.05, 0.1) is 5.52 Å². The lowest BCUT2D eigenvalue weighted by Gasteiger charge is -2.17. The lowest BCUT2D eigenvalue weighted by Crippen LogP contribution is -2.12. The summed E-state index contributed by atoms with van der Waals surface area (Å²) in [6.45, 7) is 0.969. The van der Waals surface area contributed by atoms with Crippen molar-refractivity contribution in [3.63, 3.8) is 0 Å². The Morgan fingerprint density at radius 1 is 0.909 bits per heavy atom. The molecule has 0 radical (unpaired) electrons. The third kappa shape index (κ3) is 3.06. The Hall–Kier alpha value is -2.49. The van der Waals surface area contributed by atoms with Gasteiger partial charge in [-0.25, -0.2) is 8.78 Å². The molecule has 1 N–H and O–H groups in total. The quantitative estimate of drug-likeness (QED) is 0.658. The fourth-order valence-corrected chi connectivity index (χ4v) is 2.53. The van der Waals surface area contributed by atoms with Gasteiger partial charge in [0.2, 0.25) is 0 Å². The van der Waals surface area contributed by atoms with Crippen LogP contribution in [-0.4, -0.2) is 11.5 Å². The van der Waals surface area contributed by atoms with E-state index in [0.29, 0.717) is 10.9 Å². The molecule has 3 aromatic rings. The average Bonchev–Trinajstić information content (AvgIpc) is 2.57. The van der Waals surface area contributed by atoms with Gasteiger partial charge in [0.1, 0.15) is 11.6 Å². The van der Waals surface area contributed by atoms with Gasteiger partial charge in [-0.15, -0.1) is 0 Å². The van der Waals surface area contributed by atoms with Crippen LogP contribution in [0.4, 0.5) is 14.5 Å². The Morgan fingerprint density at radius 2 is 1.73 bits per heavy atom. The highest BCUT2D eigenvalue weighted by Gasteiger charge is 2.11.